The predicted octanol–water partition coefficient (Wildman–Crippen LogP) is 0.361. The van der Waals surface area contributed by atoms with Gasteiger partial charge in [0.1, 0.15) is 0 Å². The average Bonchev–Trinajstić information content (AvgIpc) is 2.32. The second-order valence-electron chi connectivity index (χ2n) is 3.95. The van der Waals surface area contributed by atoms with Crippen LogP contribution >= 0.6 is 0 Å². The van der Waals surface area contributed by atoms with Crippen LogP contribution in [0.1, 0.15) is 33.6 Å². The Morgan fingerprint density at radius 3 is 2.35 bits per heavy atom. The van der Waals surface area contributed by atoms with E-state index in [4.69, 9.17) is 0 Å². The van der Waals surface area contributed by atoms with Gasteiger partial charge in [-0.25, -0.2) is 0 Å². The Morgan fingerprint density at radius 2 is 1.82 bits per heavy atom. The molecule has 0 atom stereocenters. The molecule has 0 fully saturated rings. The molecule has 5 heteroatoms. The molecule has 5 nitrogen and oxygen atoms in total. The molecule has 2 N–H and O–H groups in total. The van der Waals surface area contributed by atoms with E-state index in [1.165, 1.54) is 0 Å². The topological polar surface area (TPSA) is 61.4 Å². The largest absolute Gasteiger partial charge is 0.355 e. The summed E-state index contributed by atoms with van der Waals surface area (Å²) in [5, 5.41) is 5.76. The monoisotopic (exact) mass is 243 g/mol. The van der Waals surface area contributed by atoms with E-state index in [9.17, 15) is 9.59 Å². The molecule has 0 saturated carbocycles. The van der Waals surface area contributed by atoms with Gasteiger partial charge < -0.3 is 15.5 Å². The summed E-state index contributed by atoms with van der Waals surface area (Å²) in [7, 11) is 0. The minimum Gasteiger partial charge on any atom is -0.355 e. The van der Waals surface area contributed by atoms with E-state index in [0.717, 1.165) is 19.4 Å². The fourth-order valence-electron chi connectivity index (χ4n) is 1.40. The highest BCUT2D eigenvalue weighted by molar-refractivity contribution is 5.85. The van der Waals surface area contributed by atoms with E-state index in [2.05, 4.69) is 10.6 Å². The molecule has 0 heterocycles. The minimum absolute atomic E-state index is 0.0136. The zero-order valence-electron chi connectivity index (χ0n) is 11.2. The molecule has 0 unspecified atom stereocenters. The number of hydrogen-bond donors (Lipinski definition) is 2. The Bertz CT molecular complexity index is 232. The van der Waals surface area contributed by atoms with Gasteiger partial charge in [-0.2, -0.15) is 0 Å². The first-order valence-corrected chi connectivity index (χ1v) is 6.40. The normalized spacial score (nSPS) is 10.1. The van der Waals surface area contributed by atoms with E-state index in [0.29, 0.717) is 19.6 Å². The zero-order chi connectivity index (χ0) is 13.1. The molecule has 0 aromatic heterocycles. The molecule has 0 bridgehead atoms. The first-order valence-electron chi connectivity index (χ1n) is 6.40. The van der Waals surface area contributed by atoms with Gasteiger partial charge in [-0.15, -0.1) is 0 Å². The fourth-order valence-corrected chi connectivity index (χ4v) is 1.40. The molecule has 0 saturated heterocycles. The third kappa shape index (κ3) is 7.74. The van der Waals surface area contributed by atoms with Crippen LogP contribution in [0.5, 0.6) is 0 Å². The number of likely N-dealkylation sites (N-methyl/N-ethyl adjacent to an activating group) is 1. The molecule has 0 aliphatic heterocycles. The van der Waals surface area contributed by atoms with Crippen molar-refractivity contribution in [2.45, 2.75) is 33.6 Å². The Labute approximate surface area is 104 Å². The number of rotatable bonds is 9. The van der Waals surface area contributed by atoms with Gasteiger partial charge in [0.2, 0.25) is 11.8 Å². The van der Waals surface area contributed by atoms with Gasteiger partial charge in [0.25, 0.3) is 0 Å². The Hall–Kier alpha value is -1.10. The third-order valence-corrected chi connectivity index (χ3v) is 2.28. The van der Waals surface area contributed by atoms with Gasteiger partial charge in [0.05, 0.1) is 13.1 Å². The Morgan fingerprint density at radius 1 is 1.12 bits per heavy atom. The number of carbonyl (C=O) groups excluding carboxylic acids is 2. The molecule has 0 aliphatic carbocycles. The molecule has 0 radical (unpaired) electrons. The summed E-state index contributed by atoms with van der Waals surface area (Å²) in [5.74, 6) is -0.0921. The van der Waals surface area contributed by atoms with Gasteiger partial charge in [-0.3, -0.25) is 9.59 Å². The van der Waals surface area contributed by atoms with Crippen LogP contribution in [-0.4, -0.2) is 49.4 Å². The highest BCUT2D eigenvalue weighted by Gasteiger charge is 2.15. The van der Waals surface area contributed by atoms with Gasteiger partial charge in [-0.05, 0) is 19.4 Å². The van der Waals surface area contributed by atoms with Crippen molar-refractivity contribution in [2.24, 2.45) is 0 Å². The van der Waals surface area contributed by atoms with Crippen molar-refractivity contribution in [1.82, 2.24) is 15.5 Å². The Balaban J connectivity index is 4.12. The second-order valence-corrected chi connectivity index (χ2v) is 3.95. The lowest BCUT2D eigenvalue weighted by Crippen LogP contribution is -2.44. The molecule has 0 spiro atoms. The summed E-state index contributed by atoms with van der Waals surface area (Å²) in [5.41, 5.74) is 0. The SMILES string of the molecule is CCCNC(=O)CN(CCC)C(=O)CNCC. The van der Waals surface area contributed by atoms with Crippen LogP contribution < -0.4 is 10.6 Å². The lowest BCUT2D eigenvalue weighted by atomic mass is 10.3. The molecule has 0 rings (SSSR count). The van der Waals surface area contributed by atoms with Crippen LogP contribution in [0, 0.1) is 0 Å². The maximum absolute atomic E-state index is 11.8. The fraction of sp³-hybridized carbons (Fsp3) is 0.833. The van der Waals surface area contributed by atoms with Crippen molar-refractivity contribution in [3.05, 3.63) is 0 Å². The van der Waals surface area contributed by atoms with Crippen molar-refractivity contribution in [3.8, 4) is 0 Å². The number of hydrogen-bond acceptors (Lipinski definition) is 3. The first-order chi connectivity index (χ1) is 8.15. The predicted molar refractivity (Wildman–Crippen MR) is 68.7 cm³/mol. The number of nitrogens with zero attached hydrogens (tertiary/aromatic N) is 1. The first kappa shape index (κ1) is 15.9. The lowest BCUT2D eigenvalue weighted by molar-refractivity contribution is -0.135. The molecule has 0 aromatic carbocycles. The summed E-state index contributed by atoms with van der Waals surface area (Å²) in [6, 6.07) is 0. The van der Waals surface area contributed by atoms with E-state index < -0.39 is 0 Å². The van der Waals surface area contributed by atoms with Crippen LogP contribution in [0.25, 0.3) is 0 Å². The average molecular weight is 243 g/mol. The zero-order valence-corrected chi connectivity index (χ0v) is 11.2. The number of carbonyl (C=O) groups is 2. The van der Waals surface area contributed by atoms with Crippen molar-refractivity contribution >= 4 is 11.8 Å². The Kier molecular flexibility index (Phi) is 9.43. The van der Waals surface area contributed by atoms with Crippen LogP contribution in [0.2, 0.25) is 0 Å². The van der Waals surface area contributed by atoms with Crippen molar-refractivity contribution in [3.63, 3.8) is 0 Å². The smallest absolute Gasteiger partial charge is 0.239 e. The number of amides is 2. The summed E-state index contributed by atoms with van der Waals surface area (Å²) >= 11 is 0. The number of nitrogens with one attached hydrogen (secondary N) is 2. The van der Waals surface area contributed by atoms with Crippen LogP contribution in [0.15, 0.2) is 0 Å². The highest BCUT2D eigenvalue weighted by atomic mass is 16.2. The third-order valence-electron chi connectivity index (χ3n) is 2.28. The molecule has 0 aliphatic rings. The maximum Gasteiger partial charge on any atom is 0.239 e. The van der Waals surface area contributed by atoms with Crippen molar-refractivity contribution < 1.29 is 9.59 Å². The van der Waals surface area contributed by atoms with Crippen LogP contribution in [-0.2, 0) is 9.59 Å². The molecule has 17 heavy (non-hydrogen) atoms. The van der Waals surface area contributed by atoms with E-state index >= 15 is 0 Å². The summed E-state index contributed by atoms with van der Waals surface area (Å²) < 4.78 is 0. The van der Waals surface area contributed by atoms with Crippen molar-refractivity contribution in [2.75, 3.05) is 32.7 Å². The quantitative estimate of drug-likeness (QED) is 0.615. The molecular weight excluding hydrogens is 218 g/mol. The van der Waals surface area contributed by atoms with E-state index in [1.807, 2.05) is 20.8 Å². The lowest BCUT2D eigenvalue weighted by Gasteiger charge is -2.21. The highest BCUT2D eigenvalue weighted by Crippen LogP contribution is 1.92. The van der Waals surface area contributed by atoms with Gasteiger partial charge in [-0.1, -0.05) is 20.8 Å². The van der Waals surface area contributed by atoms with Gasteiger partial charge in [0.15, 0.2) is 0 Å². The molecule has 2 amide bonds. The molecule has 0 aromatic rings. The van der Waals surface area contributed by atoms with Crippen LogP contribution in [0.3, 0.4) is 0 Å². The summed E-state index contributed by atoms with van der Waals surface area (Å²) in [4.78, 5) is 24.9. The summed E-state index contributed by atoms with van der Waals surface area (Å²) in [6.07, 6.45) is 1.77. The van der Waals surface area contributed by atoms with E-state index in [-0.39, 0.29) is 18.4 Å². The molecular formula is C12H25N3O2. The van der Waals surface area contributed by atoms with Gasteiger partial charge in [0, 0.05) is 13.1 Å². The van der Waals surface area contributed by atoms with E-state index in [1.54, 1.807) is 4.90 Å². The van der Waals surface area contributed by atoms with Gasteiger partial charge >= 0.3 is 0 Å². The maximum atomic E-state index is 11.8. The summed E-state index contributed by atoms with van der Waals surface area (Å²) in [6.45, 7) is 8.47. The minimum atomic E-state index is -0.0786. The standard InChI is InChI=1S/C12H25N3O2/c1-4-7-14-11(16)10-15(8-5-2)12(17)9-13-6-3/h13H,4-10H2,1-3H3,(H,14,16). The second kappa shape index (κ2) is 10.1. The molecule has 100 valence electrons. The van der Waals surface area contributed by atoms with Crippen molar-refractivity contribution in [1.29, 1.82) is 0 Å². The van der Waals surface area contributed by atoms with Crippen LogP contribution in [0.4, 0.5) is 0 Å².